The lowest BCUT2D eigenvalue weighted by atomic mass is 9.79. The predicted molar refractivity (Wildman–Crippen MR) is 122 cm³/mol. The van der Waals surface area contributed by atoms with Gasteiger partial charge in [0.15, 0.2) is 0 Å². The molecule has 0 aromatic carbocycles. The highest BCUT2D eigenvalue weighted by molar-refractivity contribution is 7.89. The molecule has 1 saturated carbocycles. The van der Waals surface area contributed by atoms with Crippen molar-refractivity contribution in [2.45, 2.75) is 58.3 Å². The Morgan fingerprint density at radius 1 is 1.06 bits per heavy atom. The molecule has 0 spiro atoms. The first-order valence-corrected chi connectivity index (χ1v) is 13.4. The molecule has 0 radical (unpaired) electrons. The molecule has 0 bridgehead atoms. The number of nitrogens with zero attached hydrogens (tertiary/aromatic N) is 4. The SMILES string of the molecule is CCCCC1CCC(C(=O)NCCCS(=O)(=O)N2CCN(c3ncccn3)CC2)CC1. The van der Waals surface area contributed by atoms with Crippen LogP contribution in [0.3, 0.4) is 0 Å². The van der Waals surface area contributed by atoms with Crippen LogP contribution in [-0.4, -0.2) is 67.1 Å². The van der Waals surface area contributed by atoms with Crippen LogP contribution in [0.2, 0.25) is 0 Å². The summed E-state index contributed by atoms with van der Waals surface area (Å²) in [6, 6.07) is 1.77. The van der Waals surface area contributed by atoms with Gasteiger partial charge in [-0.05, 0) is 44.1 Å². The van der Waals surface area contributed by atoms with Gasteiger partial charge in [-0.15, -0.1) is 0 Å². The number of hydrogen-bond donors (Lipinski definition) is 1. The van der Waals surface area contributed by atoms with E-state index in [-0.39, 0.29) is 17.6 Å². The van der Waals surface area contributed by atoms with Crippen molar-refractivity contribution in [2.24, 2.45) is 11.8 Å². The fourth-order valence-electron chi connectivity index (χ4n) is 4.57. The smallest absolute Gasteiger partial charge is 0.225 e. The summed E-state index contributed by atoms with van der Waals surface area (Å²) in [7, 11) is -3.31. The highest BCUT2D eigenvalue weighted by Gasteiger charge is 2.28. The molecule has 2 aliphatic rings. The lowest BCUT2D eigenvalue weighted by molar-refractivity contribution is -0.126. The molecular weight excluding hydrogens is 414 g/mol. The summed E-state index contributed by atoms with van der Waals surface area (Å²) < 4.78 is 26.9. The van der Waals surface area contributed by atoms with Crippen molar-refractivity contribution in [2.75, 3.05) is 43.4 Å². The number of hydrogen-bond acceptors (Lipinski definition) is 6. The van der Waals surface area contributed by atoms with Crippen LogP contribution in [0.5, 0.6) is 0 Å². The Labute approximate surface area is 186 Å². The van der Waals surface area contributed by atoms with E-state index in [9.17, 15) is 13.2 Å². The molecule has 3 rings (SSSR count). The van der Waals surface area contributed by atoms with Crippen molar-refractivity contribution in [3.05, 3.63) is 18.5 Å². The zero-order chi connectivity index (χ0) is 22.1. The molecular formula is C22H37N5O3S. The number of anilines is 1. The van der Waals surface area contributed by atoms with Gasteiger partial charge in [0.05, 0.1) is 5.75 Å². The molecule has 1 saturated heterocycles. The number of carbonyl (C=O) groups is 1. The van der Waals surface area contributed by atoms with E-state index in [4.69, 9.17) is 0 Å². The van der Waals surface area contributed by atoms with E-state index >= 15 is 0 Å². The van der Waals surface area contributed by atoms with Crippen LogP contribution in [0.25, 0.3) is 0 Å². The summed E-state index contributed by atoms with van der Waals surface area (Å²) in [5.74, 6) is 1.69. The third-order valence-corrected chi connectivity index (χ3v) is 8.49. The van der Waals surface area contributed by atoms with E-state index in [1.807, 2.05) is 4.90 Å². The number of piperazine rings is 1. The van der Waals surface area contributed by atoms with Crippen LogP contribution >= 0.6 is 0 Å². The summed E-state index contributed by atoms with van der Waals surface area (Å²) in [6.07, 6.45) is 11.9. The summed E-state index contributed by atoms with van der Waals surface area (Å²) in [5.41, 5.74) is 0. The molecule has 2 heterocycles. The van der Waals surface area contributed by atoms with Crippen molar-refractivity contribution >= 4 is 21.9 Å². The first kappa shape index (κ1) is 23.9. The normalized spacial score (nSPS) is 22.9. The minimum Gasteiger partial charge on any atom is -0.356 e. The standard InChI is InChI=1S/C22H37N5O3S/c1-2-3-6-19-7-9-20(10-8-19)21(28)23-13-5-18-31(29,30)27-16-14-26(15-17-27)22-24-11-4-12-25-22/h4,11-12,19-20H,2-3,5-10,13-18H2,1H3,(H,23,28). The van der Waals surface area contributed by atoms with Crippen molar-refractivity contribution in [3.8, 4) is 0 Å². The Morgan fingerprint density at radius 3 is 2.39 bits per heavy atom. The van der Waals surface area contributed by atoms with Gasteiger partial charge in [0.25, 0.3) is 0 Å². The van der Waals surface area contributed by atoms with Gasteiger partial charge in [-0.2, -0.15) is 4.31 Å². The van der Waals surface area contributed by atoms with E-state index in [1.165, 1.54) is 19.3 Å². The molecule has 0 unspecified atom stereocenters. The summed E-state index contributed by atoms with van der Waals surface area (Å²) in [5, 5.41) is 2.97. The molecule has 8 nitrogen and oxygen atoms in total. The monoisotopic (exact) mass is 451 g/mol. The lowest BCUT2D eigenvalue weighted by Gasteiger charge is -2.33. The summed E-state index contributed by atoms with van der Waals surface area (Å²) in [6.45, 7) is 4.69. The van der Waals surface area contributed by atoms with Crippen LogP contribution in [-0.2, 0) is 14.8 Å². The number of aromatic nitrogens is 2. The van der Waals surface area contributed by atoms with Crippen LogP contribution in [0.4, 0.5) is 5.95 Å². The Hall–Kier alpha value is -1.74. The van der Waals surface area contributed by atoms with Crippen LogP contribution < -0.4 is 10.2 Å². The molecule has 1 aromatic rings. The molecule has 174 valence electrons. The molecule has 1 aliphatic carbocycles. The maximum atomic E-state index is 12.7. The molecule has 1 N–H and O–H groups in total. The fraction of sp³-hybridized carbons (Fsp3) is 0.773. The number of sulfonamides is 1. The average Bonchev–Trinajstić information content (AvgIpc) is 2.81. The summed E-state index contributed by atoms with van der Waals surface area (Å²) in [4.78, 5) is 22.9. The van der Waals surface area contributed by atoms with Crippen molar-refractivity contribution in [1.29, 1.82) is 0 Å². The molecule has 9 heteroatoms. The molecule has 2 fully saturated rings. The van der Waals surface area contributed by atoms with Crippen LogP contribution in [0.15, 0.2) is 18.5 Å². The highest BCUT2D eigenvalue weighted by atomic mass is 32.2. The highest BCUT2D eigenvalue weighted by Crippen LogP contribution is 2.31. The van der Waals surface area contributed by atoms with Gasteiger partial charge in [0.1, 0.15) is 0 Å². The van der Waals surface area contributed by atoms with Gasteiger partial charge in [-0.1, -0.05) is 26.2 Å². The quantitative estimate of drug-likeness (QED) is 0.549. The third-order valence-electron chi connectivity index (χ3n) is 6.53. The van der Waals surface area contributed by atoms with Gasteiger partial charge >= 0.3 is 0 Å². The largest absolute Gasteiger partial charge is 0.356 e. The lowest BCUT2D eigenvalue weighted by Crippen LogP contribution is -2.50. The number of nitrogens with one attached hydrogen (secondary N) is 1. The zero-order valence-corrected chi connectivity index (χ0v) is 19.5. The van der Waals surface area contributed by atoms with Gasteiger partial charge in [-0.3, -0.25) is 4.79 Å². The molecule has 1 amide bonds. The van der Waals surface area contributed by atoms with Gasteiger partial charge < -0.3 is 10.2 Å². The van der Waals surface area contributed by atoms with Crippen LogP contribution in [0, 0.1) is 11.8 Å². The first-order valence-electron chi connectivity index (χ1n) is 11.8. The van der Waals surface area contributed by atoms with E-state index in [0.29, 0.717) is 45.1 Å². The maximum absolute atomic E-state index is 12.7. The first-order chi connectivity index (χ1) is 15.0. The van der Waals surface area contributed by atoms with Crippen molar-refractivity contribution in [3.63, 3.8) is 0 Å². The zero-order valence-electron chi connectivity index (χ0n) is 18.7. The predicted octanol–water partition coefficient (Wildman–Crippen LogP) is 2.43. The fourth-order valence-corrected chi connectivity index (χ4v) is 6.05. The van der Waals surface area contributed by atoms with E-state index in [2.05, 4.69) is 22.2 Å². The Morgan fingerprint density at radius 2 is 1.74 bits per heavy atom. The van der Waals surface area contributed by atoms with E-state index < -0.39 is 10.0 Å². The second-order valence-corrected chi connectivity index (χ2v) is 10.8. The minimum atomic E-state index is -3.31. The number of unbranched alkanes of at least 4 members (excludes halogenated alkanes) is 1. The maximum Gasteiger partial charge on any atom is 0.225 e. The molecule has 1 aromatic heterocycles. The minimum absolute atomic E-state index is 0.0683. The molecule has 1 aliphatic heterocycles. The van der Waals surface area contributed by atoms with E-state index in [1.54, 1.807) is 22.8 Å². The molecule has 31 heavy (non-hydrogen) atoms. The third kappa shape index (κ3) is 7.14. The average molecular weight is 452 g/mol. The van der Waals surface area contributed by atoms with Gasteiger partial charge in [0.2, 0.25) is 21.9 Å². The Bertz CT molecular complexity index is 774. The Kier molecular flexibility index (Phi) is 9.07. The number of amides is 1. The van der Waals surface area contributed by atoms with Crippen molar-refractivity contribution in [1.82, 2.24) is 19.6 Å². The second kappa shape index (κ2) is 11.8. The van der Waals surface area contributed by atoms with Crippen molar-refractivity contribution < 1.29 is 13.2 Å². The summed E-state index contributed by atoms with van der Waals surface area (Å²) >= 11 is 0. The Balaban J connectivity index is 1.32. The number of rotatable bonds is 10. The second-order valence-electron chi connectivity index (χ2n) is 8.76. The van der Waals surface area contributed by atoms with Crippen LogP contribution in [0.1, 0.15) is 58.3 Å². The van der Waals surface area contributed by atoms with E-state index in [0.717, 1.165) is 31.6 Å². The topological polar surface area (TPSA) is 95.5 Å². The molecule has 0 atom stereocenters. The van der Waals surface area contributed by atoms with Gasteiger partial charge in [-0.25, -0.2) is 18.4 Å². The van der Waals surface area contributed by atoms with Gasteiger partial charge in [0, 0.05) is 51.0 Å². The number of carbonyl (C=O) groups excluding carboxylic acids is 1.